The third-order valence-corrected chi connectivity index (χ3v) is 3.96. The minimum Gasteiger partial charge on any atom is -0.334 e. The molecule has 0 unspecified atom stereocenters. The van der Waals surface area contributed by atoms with Gasteiger partial charge in [0.2, 0.25) is 5.78 Å². The van der Waals surface area contributed by atoms with E-state index in [4.69, 9.17) is 0 Å². The van der Waals surface area contributed by atoms with Crippen molar-refractivity contribution in [1.82, 2.24) is 10.2 Å². The van der Waals surface area contributed by atoms with Gasteiger partial charge in [-0.05, 0) is 23.9 Å². The van der Waals surface area contributed by atoms with E-state index in [2.05, 4.69) is 5.32 Å². The van der Waals surface area contributed by atoms with E-state index in [0.717, 1.165) is 23.5 Å². The van der Waals surface area contributed by atoms with Crippen molar-refractivity contribution in [3.8, 4) is 0 Å². The number of Topliss-reactive ketones (excluding diaryl/α,β-unsaturated/α-hetero) is 1. The van der Waals surface area contributed by atoms with Gasteiger partial charge in [-0.3, -0.25) is 9.59 Å². The number of nitrogens with zero attached hydrogens (tertiary/aromatic N) is 1. The van der Waals surface area contributed by atoms with Gasteiger partial charge < -0.3 is 10.2 Å². The highest BCUT2D eigenvalue weighted by Gasteiger charge is 2.23. The van der Waals surface area contributed by atoms with Crippen molar-refractivity contribution in [1.29, 1.82) is 0 Å². The van der Waals surface area contributed by atoms with Crippen LogP contribution in [0.2, 0.25) is 0 Å². The number of hydrogen-bond acceptors (Lipinski definition) is 4. The lowest BCUT2D eigenvalue weighted by atomic mass is 10.1. The molecule has 0 aromatic carbocycles. The minimum absolute atomic E-state index is 0.242. The number of hydrogen-bond donors (Lipinski definition) is 1. The molecule has 0 atom stereocenters. The molecule has 2 rings (SSSR count). The summed E-state index contributed by atoms with van der Waals surface area (Å²) in [4.78, 5) is 26.4. The highest BCUT2D eigenvalue weighted by atomic mass is 32.1. The molecule has 1 aromatic rings. The van der Waals surface area contributed by atoms with Crippen LogP contribution in [0.25, 0.3) is 0 Å². The summed E-state index contributed by atoms with van der Waals surface area (Å²) in [5, 5.41) is 5.11. The Morgan fingerprint density at radius 2 is 2.12 bits per heavy atom. The summed E-state index contributed by atoms with van der Waals surface area (Å²) in [5.41, 5.74) is 1.09. The number of thiophene rings is 1. The topological polar surface area (TPSA) is 49.4 Å². The molecule has 1 aliphatic heterocycles. The van der Waals surface area contributed by atoms with Crippen LogP contribution in [0.15, 0.2) is 11.4 Å². The Labute approximate surface area is 105 Å². The second kappa shape index (κ2) is 5.42. The lowest BCUT2D eigenvalue weighted by Crippen LogP contribution is -2.49. The SMILES string of the molecule is Cc1ccsc1CC(=O)C(=O)N1CCNCC1. The molecule has 1 saturated heterocycles. The first-order chi connectivity index (χ1) is 8.18. The summed E-state index contributed by atoms with van der Waals surface area (Å²) in [6.07, 6.45) is 0.242. The monoisotopic (exact) mass is 252 g/mol. The molecule has 1 aromatic heterocycles. The quantitative estimate of drug-likeness (QED) is 0.801. The van der Waals surface area contributed by atoms with Crippen LogP contribution >= 0.6 is 11.3 Å². The Morgan fingerprint density at radius 1 is 1.41 bits per heavy atom. The van der Waals surface area contributed by atoms with Crippen LogP contribution in [0.3, 0.4) is 0 Å². The molecule has 0 aliphatic carbocycles. The number of nitrogens with one attached hydrogen (secondary N) is 1. The Kier molecular flexibility index (Phi) is 3.91. The molecule has 1 N–H and O–H groups in total. The van der Waals surface area contributed by atoms with Gasteiger partial charge in [0.15, 0.2) is 0 Å². The number of carbonyl (C=O) groups excluding carboxylic acids is 2. The van der Waals surface area contributed by atoms with E-state index in [9.17, 15) is 9.59 Å². The first-order valence-corrected chi connectivity index (χ1v) is 6.62. The summed E-state index contributed by atoms with van der Waals surface area (Å²) >= 11 is 1.54. The van der Waals surface area contributed by atoms with Crippen molar-refractivity contribution in [2.75, 3.05) is 26.2 Å². The molecule has 17 heavy (non-hydrogen) atoms. The van der Waals surface area contributed by atoms with Gasteiger partial charge in [0, 0.05) is 31.1 Å². The highest BCUT2D eigenvalue weighted by Crippen LogP contribution is 2.16. The summed E-state index contributed by atoms with van der Waals surface area (Å²) in [7, 11) is 0. The molecule has 0 bridgehead atoms. The van der Waals surface area contributed by atoms with Crippen LogP contribution in [0, 0.1) is 6.92 Å². The predicted molar refractivity (Wildman–Crippen MR) is 67.2 cm³/mol. The summed E-state index contributed by atoms with van der Waals surface area (Å²) in [6, 6.07) is 1.97. The number of amides is 1. The van der Waals surface area contributed by atoms with Gasteiger partial charge in [-0.25, -0.2) is 0 Å². The van der Waals surface area contributed by atoms with Crippen molar-refractivity contribution < 1.29 is 9.59 Å². The Bertz CT molecular complexity index is 422. The molecule has 1 aliphatic rings. The zero-order valence-electron chi connectivity index (χ0n) is 9.86. The third-order valence-electron chi connectivity index (χ3n) is 2.93. The van der Waals surface area contributed by atoms with Crippen molar-refractivity contribution in [3.63, 3.8) is 0 Å². The molecule has 5 heteroatoms. The minimum atomic E-state index is -0.334. The second-order valence-electron chi connectivity index (χ2n) is 4.17. The standard InChI is InChI=1S/C12H16N2O2S/c1-9-2-7-17-11(9)8-10(15)12(16)14-5-3-13-4-6-14/h2,7,13H,3-6,8H2,1H3. The van der Waals surface area contributed by atoms with E-state index in [0.29, 0.717) is 13.1 Å². The van der Waals surface area contributed by atoms with Crippen molar-refractivity contribution >= 4 is 23.0 Å². The normalized spacial score (nSPS) is 15.9. The van der Waals surface area contributed by atoms with Crippen LogP contribution in [0.1, 0.15) is 10.4 Å². The van der Waals surface area contributed by atoms with Crippen LogP contribution < -0.4 is 5.32 Å². The largest absolute Gasteiger partial charge is 0.334 e. The zero-order chi connectivity index (χ0) is 12.3. The molecule has 1 fully saturated rings. The van der Waals surface area contributed by atoms with Gasteiger partial charge in [0.1, 0.15) is 0 Å². The fourth-order valence-corrected chi connectivity index (χ4v) is 2.76. The average Bonchev–Trinajstić information content (AvgIpc) is 2.75. The summed E-state index contributed by atoms with van der Waals surface area (Å²) in [5.74, 6) is -0.628. The van der Waals surface area contributed by atoms with Gasteiger partial charge in [0.25, 0.3) is 5.91 Å². The van der Waals surface area contributed by atoms with Crippen molar-refractivity contribution in [2.45, 2.75) is 13.3 Å². The molecule has 1 amide bonds. The van der Waals surface area contributed by atoms with Crippen LogP contribution in [0.5, 0.6) is 0 Å². The average molecular weight is 252 g/mol. The second-order valence-corrected chi connectivity index (χ2v) is 5.17. The first kappa shape index (κ1) is 12.3. The number of carbonyl (C=O) groups is 2. The van der Waals surface area contributed by atoms with E-state index in [-0.39, 0.29) is 18.1 Å². The van der Waals surface area contributed by atoms with Gasteiger partial charge in [-0.1, -0.05) is 0 Å². The number of aryl methyl sites for hydroxylation is 1. The zero-order valence-corrected chi connectivity index (χ0v) is 10.7. The molecule has 0 spiro atoms. The summed E-state index contributed by atoms with van der Waals surface area (Å²) < 4.78 is 0. The van der Waals surface area contributed by atoms with E-state index >= 15 is 0 Å². The van der Waals surface area contributed by atoms with Crippen LogP contribution in [-0.4, -0.2) is 42.8 Å². The van der Waals surface area contributed by atoms with Crippen molar-refractivity contribution in [3.05, 3.63) is 21.9 Å². The smallest absolute Gasteiger partial charge is 0.290 e. The maximum atomic E-state index is 11.9. The predicted octanol–water partition coefficient (Wildman–Crippen LogP) is 0.600. The van der Waals surface area contributed by atoms with Gasteiger partial charge >= 0.3 is 0 Å². The lowest BCUT2D eigenvalue weighted by molar-refractivity contribution is -0.144. The number of ketones is 1. The van der Waals surface area contributed by atoms with E-state index in [1.807, 2.05) is 18.4 Å². The van der Waals surface area contributed by atoms with Gasteiger partial charge in [0.05, 0.1) is 6.42 Å². The number of rotatable bonds is 3. The third kappa shape index (κ3) is 2.92. The maximum absolute atomic E-state index is 11.9. The fourth-order valence-electron chi connectivity index (χ4n) is 1.85. The lowest BCUT2D eigenvalue weighted by Gasteiger charge is -2.26. The highest BCUT2D eigenvalue weighted by molar-refractivity contribution is 7.10. The maximum Gasteiger partial charge on any atom is 0.290 e. The molecule has 4 nitrogen and oxygen atoms in total. The molecular formula is C12H16N2O2S. The van der Waals surface area contributed by atoms with Gasteiger partial charge in [-0.15, -0.1) is 11.3 Å². The first-order valence-electron chi connectivity index (χ1n) is 5.74. The Morgan fingerprint density at radius 3 is 2.71 bits per heavy atom. The van der Waals surface area contributed by atoms with E-state index in [1.54, 1.807) is 4.90 Å². The van der Waals surface area contributed by atoms with Crippen LogP contribution in [0.4, 0.5) is 0 Å². The fraction of sp³-hybridized carbons (Fsp3) is 0.500. The molecule has 2 heterocycles. The summed E-state index contributed by atoms with van der Waals surface area (Å²) in [6.45, 7) is 4.78. The number of piperazine rings is 1. The molecular weight excluding hydrogens is 236 g/mol. The van der Waals surface area contributed by atoms with Crippen molar-refractivity contribution in [2.24, 2.45) is 0 Å². The van der Waals surface area contributed by atoms with Gasteiger partial charge in [-0.2, -0.15) is 0 Å². The molecule has 0 saturated carbocycles. The molecule has 92 valence electrons. The Hall–Kier alpha value is -1.20. The Balaban J connectivity index is 1.95. The molecule has 0 radical (unpaired) electrons. The van der Waals surface area contributed by atoms with E-state index < -0.39 is 0 Å². The van der Waals surface area contributed by atoms with E-state index in [1.165, 1.54) is 11.3 Å². The van der Waals surface area contributed by atoms with Crippen LogP contribution in [-0.2, 0) is 16.0 Å².